The van der Waals surface area contributed by atoms with Gasteiger partial charge in [0.1, 0.15) is 0 Å². The van der Waals surface area contributed by atoms with Crippen molar-refractivity contribution >= 4 is 0 Å². The highest BCUT2D eigenvalue weighted by Gasteiger charge is 2.41. The molecule has 0 aliphatic heterocycles. The summed E-state index contributed by atoms with van der Waals surface area (Å²) in [4.78, 5) is 0. The standard InChI is InChI=1S/C11H22N2O/c1-14-10(6-12)7-13-11(8-2-3-8)9-4-5-9/h8-11,13H,2-7,12H2,1H3. The van der Waals surface area contributed by atoms with E-state index in [0.717, 1.165) is 24.4 Å². The summed E-state index contributed by atoms with van der Waals surface area (Å²) in [7, 11) is 1.74. The minimum absolute atomic E-state index is 0.190. The normalized spacial score (nSPS) is 24.2. The van der Waals surface area contributed by atoms with E-state index in [0.29, 0.717) is 6.54 Å². The molecule has 2 aliphatic rings. The van der Waals surface area contributed by atoms with Crippen LogP contribution in [0.4, 0.5) is 0 Å². The van der Waals surface area contributed by atoms with Crippen LogP contribution in [0.3, 0.4) is 0 Å². The van der Waals surface area contributed by atoms with Gasteiger partial charge in [-0.25, -0.2) is 0 Å². The molecule has 3 nitrogen and oxygen atoms in total. The first-order chi connectivity index (χ1) is 6.85. The van der Waals surface area contributed by atoms with E-state index in [1.54, 1.807) is 7.11 Å². The fourth-order valence-electron chi connectivity index (χ4n) is 2.16. The lowest BCUT2D eigenvalue weighted by Crippen LogP contribution is -2.41. The smallest absolute Gasteiger partial charge is 0.0817 e. The second-order valence-corrected chi connectivity index (χ2v) is 4.70. The van der Waals surface area contributed by atoms with Crippen molar-refractivity contribution in [2.45, 2.75) is 37.8 Å². The maximum absolute atomic E-state index is 5.59. The molecule has 1 unspecified atom stereocenters. The van der Waals surface area contributed by atoms with E-state index in [4.69, 9.17) is 10.5 Å². The summed E-state index contributed by atoms with van der Waals surface area (Å²) in [6.07, 6.45) is 5.89. The van der Waals surface area contributed by atoms with Gasteiger partial charge in [0.05, 0.1) is 6.10 Å². The molecule has 2 rings (SSSR count). The Kier molecular flexibility index (Phi) is 3.42. The van der Waals surface area contributed by atoms with Gasteiger partial charge in [-0.05, 0) is 37.5 Å². The third kappa shape index (κ3) is 2.69. The first-order valence-electron chi connectivity index (χ1n) is 5.81. The number of nitrogens with two attached hydrogens (primary N) is 1. The quantitative estimate of drug-likeness (QED) is 0.634. The molecule has 0 radical (unpaired) electrons. The zero-order valence-electron chi connectivity index (χ0n) is 9.04. The van der Waals surface area contributed by atoms with Crippen LogP contribution in [0.1, 0.15) is 25.7 Å². The van der Waals surface area contributed by atoms with Gasteiger partial charge in [-0.3, -0.25) is 0 Å². The Morgan fingerprint density at radius 3 is 2.21 bits per heavy atom. The molecule has 14 heavy (non-hydrogen) atoms. The van der Waals surface area contributed by atoms with Gasteiger partial charge in [0, 0.05) is 26.2 Å². The highest BCUT2D eigenvalue weighted by atomic mass is 16.5. The zero-order chi connectivity index (χ0) is 9.97. The molecular weight excluding hydrogens is 176 g/mol. The first kappa shape index (κ1) is 10.4. The van der Waals surface area contributed by atoms with E-state index in [2.05, 4.69) is 5.32 Å². The number of ether oxygens (including phenoxy) is 1. The van der Waals surface area contributed by atoms with E-state index >= 15 is 0 Å². The van der Waals surface area contributed by atoms with E-state index in [9.17, 15) is 0 Å². The number of methoxy groups -OCH3 is 1. The molecule has 2 fully saturated rings. The predicted octanol–water partition coefficient (Wildman–Crippen LogP) is 0.738. The van der Waals surface area contributed by atoms with Gasteiger partial charge in [-0.1, -0.05) is 0 Å². The minimum Gasteiger partial charge on any atom is -0.379 e. The third-order valence-corrected chi connectivity index (χ3v) is 3.44. The van der Waals surface area contributed by atoms with Crippen molar-refractivity contribution in [3.63, 3.8) is 0 Å². The van der Waals surface area contributed by atoms with Crippen LogP contribution in [0.25, 0.3) is 0 Å². The van der Waals surface area contributed by atoms with Crippen molar-refractivity contribution in [3.05, 3.63) is 0 Å². The number of hydrogen-bond donors (Lipinski definition) is 2. The summed E-state index contributed by atoms with van der Waals surface area (Å²) < 4.78 is 5.26. The van der Waals surface area contributed by atoms with Gasteiger partial charge < -0.3 is 15.8 Å². The van der Waals surface area contributed by atoms with Gasteiger partial charge in [-0.2, -0.15) is 0 Å². The number of nitrogens with one attached hydrogen (secondary N) is 1. The van der Waals surface area contributed by atoms with E-state index in [1.807, 2.05) is 0 Å². The molecule has 0 heterocycles. The van der Waals surface area contributed by atoms with E-state index in [-0.39, 0.29) is 6.10 Å². The molecule has 0 spiro atoms. The van der Waals surface area contributed by atoms with Crippen LogP contribution in [-0.2, 0) is 4.74 Å². The third-order valence-electron chi connectivity index (χ3n) is 3.44. The molecule has 0 saturated heterocycles. The van der Waals surface area contributed by atoms with Crippen LogP contribution in [0.2, 0.25) is 0 Å². The fraction of sp³-hybridized carbons (Fsp3) is 1.00. The molecule has 0 bridgehead atoms. The van der Waals surface area contributed by atoms with Crippen molar-refractivity contribution in [3.8, 4) is 0 Å². The highest BCUT2D eigenvalue weighted by molar-refractivity contribution is 4.96. The Bertz CT molecular complexity index is 162. The Labute approximate surface area is 86.4 Å². The monoisotopic (exact) mass is 198 g/mol. The average molecular weight is 198 g/mol. The molecular formula is C11H22N2O. The molecule has 0 aromatic rings. The van der Waals surface area contributed by atoms with E-state index in [1.165, 1.54) is 25.7 Å². The average Bonchev–Trinajstić information content (AvgIpc) is 3.03. The van der Waals surface area contributed by atoms with Crippen LogP contribution in [0.15, 0.2) is 0 Å². The minimum atomic E-state index is 0.190. The number of hydrogen-bond acceptors (Lipinski definition) is 3. The van der Waals surface area contributed by atoms with Crippen LogP contribution in [-0.4, -0.2) is 32.3 Å². The zero-order valence-corrected chi connectivity index (χ0v) is 9.04. The van der Waals surface area contributed by atoms with Crippen molar-refractivity contribution in [1.82, 2.24) is 5.32 Å². The highest BCUT2D eigenvalue weighted by Crippen LogP contribution is 2.44. The van der Waals surface area contributed by atoms with Crippen molar-refractivity contribution in [2.24, 2.45) is 17.6 Å². The summed E-state index contributed by atoms with van der Waals surface area (Å²) in [5.41, 5.74) is 5.59. The van der Waals surface area contributed by atoms with Crippen molar-refractivity contribution in [1.29, 1.82) is 0 Å². The van der Waals surface area contributed by atoms with Crippen LogP contribution in [0.5, 0.6) is 0 Å². The van der Waals surface area contributed by atoms with Crippen LogP contribution in [0, 0.1) is 11.8 Å². The van der Waals surface area contributed by atoms with Gasteiger partial charge >= 0.3 is 0 Å². The largest absolute Gasteiger partial charge is 0.379 e. The Morgan fingerprint density at radius 2 is 1.86 bits per heavy atom. The Morgan fingerprint density at radius 1 is 1.29 bits per heavy atom. The van der Waals surface area contributed by atoms with Crippen LogP contribution < -0.4 is 11.1 Å². The second-order valence-electron chi connectivity index (χ2n) is 4.70. The number of rotatable bonds is 7. The van der Waals surface area contributed by atoms with E-state index < -0.39 is 0 Å². The fourth-order valence-corrected chi connectivity index (χ4v) is 2.16. The maximum atomic E-state index is 5.59. The Balaban J connectivity index is 1.70. The Hall–Kier alpha value is -0.120. The van der Waals surface area contributed by atoms with Gasteiger partial charge in [-0.15, -0.1) is 0 Å². The molecule has 2 aliphatic carbocycles. The summed E-state index contributed by atoms with van der Waals surface area (Å²) in [5, 5.41) is 3.64. The van der Waals surface area contributed by atoms with Crippen molar-refractivity contribution < 1.29 is 4.74 Å². The van der Waals surface area contributed by atoms with Crippen LogP contribution >= 0.6 is 0 Å². The molecule has 82 valence electrons. The van der Waals surface area contributed by atoms with Gasteiger partial charge in [0.15, 0.2) is 0 Å². The molecule has 3 heteroatoms. The lowest BCUT2D eigenvalue weighted by atomic mass is 10.1. The maximum Gasteiger partial charge on any atom is 0.0817 e. The molecule has 3 N–H and O–H groups in total. The topological polar surface area (TPSA) is 47.3 Å². The SMILES string of the molecule is COC(CN)CNC(C1CC1)C1CC1. The van der Waals surface area contributed by atoms with Gasteiger partial charge in [0.2, 0.25) is 0 Å². The lowest BCUT2D eigenvalue weighted by Gasteiger charge is -2.21. The summed E-state index contributed by atoms with van der Waals surface area (Å²) in [5.74, 6) is 1.91. The molecule has 0 aromatic carbocycles. The van der Waals surface area contributed by atoms with Crippen molar-refractivity contribution in [2.75, 3.05) is 20.2 Å². The molecule has 0 aromatic heterocycles. The van der Waals surface area contributed by atoms with Gasteiger partial charge in [0.25, 0.3) is 0 Å². The second kappa shape index (κ2) is 4.60. The molecule has 2 saturated carbocycles. The molecule has 0 amide bonds. The summed E-state index contributed by atoms with van der Waals surface area (Å²) in [6, 6.07) is 0.763. The first-order valence-corrected chi connectivity index (χ1v) is 5.81. The summed E-state index contributed by atoms with van der Waals surface area (Å²) in [6.45, 7) is 1.54. The predicted molar refractivity (Wildman–Crippen MR) is 57.1 cm³/mol. The molecule has 1 atom stereocenters. The summed E-state index contributed by atoms with van der Waals surface area (Å²) >= 11 is 0. The lowest BCUT2D eigenvalue weighted by molar-refractivity contribution is 0.104.